The molecule has 0 aliphatic carbocycles. The summed E-state index contributed by atoms with van der Waals surface area (Å²) < 4.78 is 5.14. The number of aliphatic imine (C=N–C) groups is 1. The van der Waals surface area contributed by atoms with Crippen LogP contribution < -0.4 is 16.2 Å². The third-order valence-corrected chi connectivity index (χ3v) is 2.08. The SMILES string of the molecule is COc1ncccc1C(C)N=C/C(N)=C\N. The van der Waals surface area contributed by atoms with Crippen molar-refractivity contribution in [3.05, 3.63) is 35.8 Å². The molecule has 0 saturated carbocycles. The summed E-state index contributed by atoms with van der Waals surface area (Å²) in [5, 5.41) is 0. The Morgan fingerprint density at radius 2 is 2.38 bits per heavy atom. The molecular formula is C11H16N4O. The highest BCUT2D eigenvalue weighted by molar-refractivity contribution is 5.77. The van der Waals surface area contributed by atoms with Crippen LogP contribution >= 0.6 is 0 Å². The van der Waals surface area contributed by atoms with Gasteiger partial charge in [-0.05, 0) is 19.1 Å². The molecule has 0 aliphatic heterocycles. The van der Waals surface area contributed by atoms with Gasteiger partial charge < -0.3 is 16.2 Å². The lowest BCUT2D eigenvalue weighted by Gasteiger charge is -2.10. The van der Waals surface area contributed by atoms with E-state index in [4.69, 9.17) is 16.2 Å². The first-order valence-electron chi connectivity index (χ1n) is 4.88. The second-order valence-corrected chi connectivity index (χ2v) is 3.22. The van der Waals surface area contributed by atoms with Crippen molar-refractivity contribution in [3.8, 4) is 5.88 Å². The Balaban J connectivity index is 2.88. The predicted molar refractivity (Wildman–Crippen MR) is 64.2 cm³/mol. The van der Waals surface area contributed by atoms with Gasteiger partial charge >= 0.3 is 0 Å². The van der Waals surface area contributed by atoms with Gasteiger partial charge in [0.1, 0.15) is 0 Å². The molecule has 0 aliphatic rings. The molecule has 1 aromatic heterocycles. The Bertz CT molecular complexity index is 401. The summed E-state index contributed by atoms with van der Waals surface area (Å²) >= 11 is 0. The highest BCUT2D eigenvalue weighted by Gasteiger charge is 2.09. The maximum absolute atomic E-state index is 5.51. The number of nitrogens with two attached hydrogens (primary N) is 2. The molecule has 0 spiro atoms. The first kappa shape index (κ1) is 12.0. The van der Waals surface area contributed by atoms with Crippen molar-refractivity contribution in [2.24, 2.45) is 16.5 Å². The maximum atomic E-state index is 5.51. The van der Waals surface area contributed by atoms with Crippen molar-refractivity contribution >= 4 is 6.21 Å². The molecule has 86 valence electrons. The summed E-state index contributed by atoms with van der Waals surface area (Å²) in [6.07, 6.45) is 4.50. The fourth-order valence-electron chi connectivity index (χ4n) is 1.21. The molecule has 0 fully saturated rings. The molecule has 1 rings (SSSR count). The molecular weight excluding hydrogens is 204 g/mol. The van der Waals surface area contributed by atoms with Gasteiger partial charge in [-0.25, -0.2) is 4.98 Å². The number of hydrogen-bond donors (Lipinski definition) is 2. The van der Waals surface area contributed by atoms with Gasteiger partial charge in [-0.15, -0.1) is 0 Å². The Hall–Kier alpha value is -2.04. The highest BCUT2D eigenvalue weighted by Crippen LogP contribution is 2.24. The first-order valence-corrected chi connectivity index (χ1v) is 4.88. The molecule has 1 atom stereocenters. The molecule has 16 heavy (non-hydrogen) atoms. The number of aromatic nitrogens is 1. The summed E-state index contributed by atoms with van der Waals surface area (Å²) in [5.41, 5.74) is 12.1. The Morgan fingerprint density at radius 3 is 3.00 bits per heavy atom. The molecule has 1 unspecified atom stereocenters. The smallest absolute Gasteiger partial charge is 0.218 e. The topological polar surface area (TPSA) is 86.5 Å². The second-order valence-electron chi connectivity index (χ2n) is 3.22. The number of pyridine rings is 1. The van der Waals surface area contributed by atoms with E-state index in [1.165, 1.54) is 12.4 Å². The van der Waals surface area contributed by atoms with Crippen molar-refractivity contribution in [2.45, 2.75) is 13.0 Å². The van der Waals surface area contributed by atoms with Gasteiger partial charge in [0, 0.05) is 24.2 Å². The number of hydrogen-bond acceptors (Lipinski definition) is 5. The number of allylic oxidation sites excluding steroid dienone is 1. The van der Waals surface area contributed by atoms with E-state index in [0.29, 0.717) is 11.6 Å². The zero-order valence-corrected chi connectivity index (χ0v) is 9.42. The van der Waals surface area contributed by atoms with Crippen molar-refractivity contribution in [1.29, 1.82) is 0 Å². The summed E-state index contributed by atoms with van der Waals surface area (Å²) in [5.74, 6) is 0.572. The number of rotatable bonds is 4. The van der Waals surface area contributed by atoms with E-state index in [-0.39, 0.29) is 6.04 Å². The third kappa shape index (κ3) is 2.98. The molecule has 0 saturated heterocycles. The Kier molecular flexibility index (Phi) is 4.32. The summed E-state index contributed by atoms with van der Waals surface area (Å²) in [7, 11) is 1.58. The van der Waals surface area contributed by atoms with E-state index < -0.39 is 0 Å². The lowest BCUT2D eigenvalue weighted by atomic mass is 10.1. The average Bonchev–Trinajstić information content (AvgIpc) is 2.35. The van der Waals surface area contributed by atoms with E-state index in [1.807, 2.05) is 19.1 Å². The van der Waals surface area contributed by atoms with Crippen molar-refractivity contribution in [2.75, 3.05) is 7.11 Å². The van der Waals surface area contributed by atoms with Gasteiger partial charge in [-0.3, -0.25) is 4.99 Å². The monoisotopic (exact) mass is 220 g/mol. The van der Waals surface area contributed by atoms with E-state index in [9.17, 15) is 0 Å². The highest BCUT2D eigenvalue weighted by atomic mass is 16.5. The van der Waals surface area contributed by atoms with Gasteiger partial charge in [0.25, 0.3) is 0 Å². The molecule has 0 radical (unpaired) electrons. The standard InChI is InChI=1S/C11H16N4O/c1-8(15-7-9(13)6-12)10-4-3-5-14-11(10)16-2/h3-8H,12-13H2,1-2H3/b9-6+,15-7?. The van der Waals surface area contributed by atoms with Crippen molar-refractivity contribution < 1.29 is 4.74 Å². The van der Waals surface area contributed by atoms with Gasteiger partial charge in [0.2, 0.25) is 5.88 Å². The first-order chi connectivity index (χ1) is 7.69. The van der Waals surface area contributed by atoms with Crippen LogP contribution in [0.4, 0.5) is 0 Å². The summed E-state index contributed by atoms with van der Waals surface area (Å²) in [6.45, 7) is 1.93. The molecule has 0 bridgehead atoms. The lowest BCUT2D eigenvalue weighted by molar-refractivity contribution is 0.390. The van der Waals surface area contributed by atoms with Crippen LogP contribution in [0, 0.1) is 0 Å². The largest absolute Gasteiger partial charge is 0.481 e. The van der Waals surface area contributed by atoms with Crippen LogP contribution in [0.25, 0.3) is 0 Å². The lowest BCUT2D eigenvalue weighted by Crippen LogP contribution is -2.03. The molecule has 5 nitrogen and oxygen atoms in total. The Labute approximate surface area is 94.8 Å². The number of methoxy groups -OCH3 is 1. The third-order valence-electron chi connectivity index (χ3n) is 2.08. The van der Waals surface area contributed by atoms with E-state index >= 15 is 0 Å². The predicted octanol–water partition coefficient (Wildman–Crippen LogP) is 0.981. The van der Waals surface area contributed by atoms with E-state index in [1.54, 1.807) is 13.3 Å². The quantitative estimate of drug-likeness (QED) is 0.740. The molecule has 0 aromatic carbocycles. The van der Waals surface area contributed by atoms with Crippen molar-refractivity contribution in [1.82, 2.24) is 4.98 Å². The zero-order chi connectivity index (χ0) is 12.0. The van der Waals surface area contributed by atoms with Crippen LogP contribution in [0.5, 0.6) is 5.88 Å². The van der Waals surface area contributed by atoms with Crippen LogP contribution in [0.3, 0.4) is 0 Å². The van der Waals surface area contributed by atoms with E-state index in [2.05, 4.69) is 9.98 Å². The molecule has 5 heteroatoms. The number of nitrogens with zero attached hydrogens (tertiary/aromatic N) is 2. The van der Waals surface area contributed by atoms with Gasteiger partial charge in [0.15, 0.2) is 0 Å². The number of ether oxygens (including phenoxy) is 1. The second kappa shape index (κ2) is 5.75. The Morgan fingerprint density at radius 1 is 1.62 bits per heavy atom. The minimum atomic E-state index is -0.0813. The average molecular weight is 220 g/mol. The molecule has 4 N–H and O–H groups in total. The molecule has 0 amide bonds. The van der Waals surface area contributed by atoms with Crippen LogP contribution in [0.1, 0.15) is 18.5 Å². The van der Waals surface area contributed by atoms with Crippen LogP contribution in [0.2, 0.25) is 0 Å². The minimum Gasteiger partial charge on any atom is -0.481 e. The fraction of sp³-hybridized carbons (Fsp3) is 0.273. The van der Waals surface area contributed by atoms with E-state index in [0.717, 1.165) is 5.56 Å². The zero-order valence-electron chi connectivity index (χ0n) is 9.42. The van der Waals surface area contributed by atoms with Crippen molar-refractivity contribution in [3.63, 3.8) is 0 Å². The minimum absolute atomic E-state index is 0.0813. The fourth-order valence-corrected chi connectivity index (χ4v) is 1.21. The van der Waals surface area contributed by atoms with Crippen LogP contribution in [-0.4, -0.2) is 18.3 Å². The van der Waals surface area contributed by atoms with Crippen LogP contribution in [-0.2, 0) is 0 Å². The van der Waals surface area contributed by atoms with Gasteiger partial charge in [0.05, 0.1) is 18.8 Å². The van der Waals surface area contributed by atoms with Gasteiger partial charge in [-0.2, -0.15) is 0 Å². The van der Waals surface area contributed by atoms with Crippen LogP contribution in [0.15, 0.2) is 35.2 Å². The molecule has 1 heterocycles. The molecule has 1 aromatic rings. The maximum Gasteiger partial charge on any atom is 0.218 e. The normalized spacial score (nSPS) is 14.0. The van der Waals surface area contributed by atoms with Gasteiger partial charge in [-0.1, -0.05) is 0 Å². The summed E-state index contributed by atoms with van der Waals surface area (Å²) in [6, 6.07) is 3.67. The summed E-state index contributed by atoms with van der Waals surface area (Å²) in [4.78, 5) is 8.35.